The van der Waals surface area contributed by atoms with Crippen molar-refractivity contribution in [2.45, 2.75) is 33.8 Å². The molecule has 0 aliphatic carbocycles. The van der Waals surface area contributed by atoms with Gasteiger partial charge in [-0.25, -0.2) is 0 Å². The van der Waals surface area contributed by atoms with Crippen LogP contribution in [0.25, 0.3) is 0 Å². The van der Waals surface area contributed by atoms with Crippen molar-refractivity contribution in [3.8, 4) is 5.75 Å². The SMILES string of the molecule is CCN(CC)C(=O)c1ccc(NC(=O)C(C)Oc2cccc(C)c2)cc1. The van der Waals surface area contributed by atoms with Gasteiger partial charge in [0.15, 0.2) is 6.10 Å². The van der Waals surface area contributed by atoms with E-state index in [1.54, 1.807) is 36.1 Å². The van der Waals surface area contributed by atoms with Crippen LogP contribution in [-0.4, -0.2) is 35.9 Å². The minimum atomic E-state index is -0.631. The first-order valence-electron chi connectivity index (χ1n) is 8.88. The lowest BCUT2D eigenvalue weighted by atomic mass is 10.1. The molecular formula is C21H26N2O3. The zero-order valence-corrected chi connectivity index (χ0v) is 15.8. The second kappa shape index (κ2) is 9.04. The van der Waals surface area contributed by atoms with Crippen molar-refractivity contribution < 1.29 is 14.3 Å². The van der Waals surface area contributed by atoms with Crippen LogP contribution in [0.3, 0.4) is 0 Å². The first-order valence-corrected chi connectivity index (χ1v) is 8.88. The molecule has 1 unspecified atom stereocenters. The summed E-state index contributed by atoms with van der Waals surface area (Å²) in [5.74, 6) is 0.408. The minimum Gasteiger partial charge on any atom is -0.481 e. The minimum absolute atomic E-state index is 0.0102. The van der Waals surface area contributed by atoms with E-state index in [0.29, 0.717) is 30.1 Å². The van der Waals surface area contributed by atoms with E-state index < -0.39 is 6.10 Å². The number of carbonyl (C=O) groups is 2. The van der Waals surface area contributed by atoms with E-state index >= 15 is 0 Å². The predicted molar refractivity (Wildman–Crippen MR) is 104 cm³/mol. The molecular weight excluding hydrogens is 328 g/mol. The Balaban J connectivity index is 1.97. The number of carbonyl (C=O) groups excluding carboxylic acids is 2. The lowest BCUT2D eigenvalue weighted by molar-refractivity contribution is -0.122. The molecule has 0 aliphatic heterocycles. The fourth-order valence-electron chi connectivity index (χ4n) is 2.58. The van der Waals surface area contributed by atoms with Crippen LogP contribution in [0, 0.1) is 6.92 Å². The molecule has 5 heteroatoms. The Morgan fingerprint density at radius 2 is 1.73 bits per heavy atom. The topological polar surface area (TPSA) is 58.6 Å². The van der Waals surface area contributed by atoms with Crippen molar-refractivity contribution >= 4 is 17.5 Å². The summed E-state index contributed by atoms with van der Waals surface area (Å²) in [7, 11) is 0. The second-order valence-corrected chi connectivity index (χ2v) is 6.12. The summed E-state index contributed by atoms with van der Waals surface area (Å²) >= 11 is 0. The predicted octanol–water partition coefficient (Wildman–Crippen LogP) is 3.88. The maximum absolute atomic E-state index is 12.3. The molecule has 2 aromatic rings. The molecule has 2 aromatic carbocycles. The monoisotopic (exact) mass is 354 g/mol. The highest BCUT2D eigenvalue weighted by atomic mass is 16.5. The van der Waals surface area contributed by atoms with Gasteiger partial charge in [-0.05, 0) is 69.7 Å². The highest BCUT2D eigenvalue weighted by molar-refractivity contribution is 5.96. The van der Waals surface area contributed by atoms with Crippen LogP contribution >= 0.6 is 0 Å². The number of nitrogens with zero attached hydrogens (tertiary/aromatic N) is 1. The lowest BCUT2D eigenvalue weighted by Gasteiger charge is -2.19. The van der Waals surface area contributed by atoms with Gasteiger partial charge in [-0.15, -0.1) is 0 Å². The molecule has 26 heavy (non-hydrogen) atoms. The molecule has 2 amide bonds. The summed E-state index contributed by atoms with van der Waals surface area (Å²) in [5.41, 5.74) is 2.31. The Labute approximate surface area is 155 Å². The largest absolute Gasteiger partial charge is 0.481 e. The van der Waals surface area contributed by atoms with Crippen LogP contribution < -0.4 is 10.1 Å². The number of ether oxygens (including phenoxy) is 1. The van der Waals surface area contributed by atoms with Gasteiger partial charge < -0.3 is 15.0 Å². The zero-order valence-electron chi connectivity index (χ0n) is 15.8. The summed E-state index contributed by atoms with van der Waals surface area (Å²) < 4.78 is 5.68. The Morgan fingerprint density at radius 1 is 1.08 bits per heavy atom. The van der Waals surface area contributed by atoms with Crippen molar-refractivity contribution in [1.29, 1.82) is 0 Å². The quantitative estimate of drug-likeness (QED) is 0.821. The first kappa shape index (κ1) is 19.5. The van der Waals surface area contributed by atoms with E-state index in [1.807, 2.05) is 45.0 Å². The number of aryl methyl sites for hydroxylation is 1. The summed E-state index contributed by atoms with van der Waals surface area (Å²) in [6.07, 6.45) is -0.631. The molecule has 0 aliphatic rings. The van der Waals surface area contributed by atoms with Gasteiger partial charge in [-0.1, -0.05) is 12.1 Å². The molecule has 0 fully saturated rings. The molecule has 0 spiro atoms. The third kappa shape index (κ3) is 5.09. The van der Waals surface area contributed by atoms with Gasteiger partial charge in [-0.2, -0.15) is 0 Å². The molecule has 0 aromatic heterocycles. The van der Waals surface area contributed by atoms with Crippen LogP contribution in [0.2, 0.25) is 0 Å². The third-order valence-electron chi connectivity index (χ3n) is 4.12. The lowest BCUT2D eigenvalue weighted by Crippen LogP contribution is -2.31. The molecule has 0 saturated carbocycles. The van der Waals surface area contributed by atoms with Gasteiger partial charge in [0, 0.05) is 24.3 Å². The standard InChI is InChI=1S/C21H26N2O3/c1-5-23(6-2)21(25)17-10-12-18(13-11-17)22-20(24)16(4)26-19-9-7-8-15(3)14-19/h7-14,16H,5-6H2,1-4H3,(H,22,24). The summed E-state index contributed by atoms with van der Waals surface area (Å²) in [6, 6.07) is 14.5. The summed E-state index contributed by atoms with van der Waals surface area (Å²) in [5, 5.41) is 2.81. The molecule has 2 rings (SSSR count). The number of anilines is 1. The third-order valence-corrected chi connectivity index (χ3v) is 4.12. The Kier molecular flexibility index (Phi) is 6.78. The van der Waals surface area contributed by atoms with Crippen molar-refractivity contribution in [1.82, 2.24) is 4.90 Å². The fourth-order valence-corrected chi connectivity index (χ4v) is 2.58. The maximum Gasteiger partial charge on any atom is 0.265 e. The van der Waals surface area contributed by atoms with Crippen LogP contribution in [-0.2, 0) is 4.79 Å². The highest BCUT2D eigenvalue weighted by Crippen LogP contribution is 2.16. The Hall–Kier alpha value is -2.82. The summed E-state index contributed by atoms with van der Waals surface area (Å²) in [6.45, 7) is 8.91. The molecule has 0 heterocycles. The number of hydrogen-bond donors (Lipinski definition) is 1. The van der Waals surface area contributed by atoms with Gasteiger partial charge in [0.2, 0.25) is 0 Å². The van der Waals surface area contributed by atoms with Crippen molar-refractivity contribution in [2.75, 3.05) is 18.4 Å². The average molecular weight is 354 g/mol. The Morgan fingerprint density at radius 3 is 2.31 bits per heavy atom. The molecule has 1 atom stereocenters. The van der Waals surface area contributed by atoms with Crippen LogP contribution in [0.5, 0.6) is 5.75 Å². The van der Waals surface area contributed by atoms with E-state index in [-0.39, 0.29) is 11.8 Å². The van der Waals surface area contributed by atoms with E-state index in [0.717, 1.165) is 5.56 Å². The van der Waals surface area contributed by atoms with E-state index in [9.17, 15) is 9.59 Å². The van der Waals surface area contributed by atoms with E-state index in [4.69, 9.17) is 4.74 Å². The fraction of sp³-hybridized carbons (Fsp3) is 0.333. The van der Waals surface area contributed by atoms with Crippen LogP contribution in [0.15, 0.2) is 48.5 Å². The smallest absolute Gasteiger partial charge is 0.265 e. The highest BCUT2D eigenvalue weighted by Gasteiger charge is 2.16. The summed E-state index contributed by atoms with van der Waals surface area (Å²) in [4.78, 5) is 26.4. The van der Waals surface area contributed by atoms with Crippen molar-refractivity contribution in [3.05, 3.63) is 59.7 Å². The average Bonchev–Trinajstić information content (AvgIpc) is 2.63. The van der Waals surface area contributed by atoms with Crippen molar-refractivity contribution in [2.24, 2.45) is 0 Å². The first-order chi connectivity index (χ1) is 12.4. The molecule has 5 nitrogen and oxygen atoms in total. The number of nitrogens with one attached hydrogen (secondary N) is 1. The van der Waals surface area contributed by atoms with Crippen LogP contribution in [0.4, 0.5) is 5.69 Å². The van der Waals surface area contributed by atoms with Gasteiger partial charge in [0.25, 0.3) is 11.8 Å². The number of rotatable bonds is 7. The molecule has 138 valence electrons. The number of amides is 2. The van der Waals surface area contributed by atoms with E-state index in [1.165, 1.54) is 0 Å². The normalized spacial score (nSPS) is 11.5. The van der Waals surface area contributed by atoms with Gasteiger partial charge >= 0.3 is 0 Å². The number of benzene rings is 2. The second-order valence-electron chi connectivity index (χ2n) is 6.12. The molecule has 0 radical (unpaired) electrons. The molecule has 1 N–H and O–H groups in total. The Bertz CT molecular complexity index is 752. The van der Waals surface area contributed by atoms with Gasteiger partial charge in [0.1, 0.15) is 5.75 Å². The molecule has 0 bridgehead atoms. The number of hydrogen-bond acceptors (Lipinski definition) is 3. The maximum atomic E-state index is 12.3. The van der Waals surface area contributed by atoms with Crippen LogP contribution in [0.1, 0.15) is 36.7 Å². The van der Waals surface area contributed by atoms with Gasteiger partial charge in [-0.3, -0.25) is 9.59 Å². The van der Waals surface area contributed by atoms with E-state index in [2.05, 4.69) is 5.32 Å². The van der Waals surface area contributed by atoms with Gasteiger partial charge in [0.05, 0.1) is 0 Å². The molecule has 0 saturated heterocycles. The van der Waals surface area contributed by atoms with Crippen molar-refractivity contribution in [3.63, 3.8) is 0 Å². The zero-order chi connectivity index (χ0) is 19.1.